The second-order valence-corrected chi connectivity index (χ2v) is 13.9. The Bertz CT molecular complexity index is 3430. The number of furan rings is 2. The molecule has 0 N–H and O–H groups in total. The van der Waals surface area contributed by atoms with Crippen molar-refractivity contribution in [2.45, 2.75) is 0 Å². The average molecular weight is 692 g/mol. The lowest BCUT2D eigenvalue weighted by molar-refractivity contribution is 0.668. The standard InChI is InChI=1S/C49H29N3O2/c1-2-11-31(12-3-1)49-50-40-16-6-8-18-42(40)52(49)32-23-21-30(22-24-32)34-15-10-20-44-46(34)39-26-25-33(29-45(39)53-44)51-41-17-7-4-13-35(41)37-27-28-38-36-14-5-9-19-43(36)54-48(38)47(37)51/h1-29H. The molecule has 0 saturated carbocycles. The number of para-hydroxylation sites is 4. The van der Waals surface area contributed by atoms with Gasteiger partial charge in [0.25, 0.3) is 0 Å². The Kier molecular flexibility index (Phi) is 5.99. The summed E-state index contributed by atoms with van der Waals surface area (Å²) in [4.78, 5) is 5.04. The number of aromatic nitrogens is 3. The van der Waals surface area contributed by atoms with Crippen molar-refractivity contribution < 1.29 is 8.83 Å². The molecule has 0 amide bonds. The fourth-order valence-corrected chi connectivity index (χ4v) is 8.55. The summed E-state index contributed by atoms with van der Waals surface area (Å²) < 4.78 is 17.8. The van der Waals surface area contributed by atoms with E-state index < -0.39 is 0 Å². The third-order valence-electron chi connectivity index (χ3n) is 10.9. The van der Waals surface area contributed by atoms with E-state index in [4.69, 9.17) is 13.8 Å². The first-order chi connectivity index (χ1) is 26.8. The Balaban J connectivity index is 1.01. The van der Waals surface area contributed by atoms with Crippen LogP contribution in [0.2, 0.25) is 0 Å². The third kappa shape index (κ3) is 4.12. The van der Waals surface area contributed by atoms with Gasteiger partial charge in [-0.3, -0.25) is 4.57 Å². The first-order valence-corrected chi connectivity index (χ1v) is 18.2. The van der Waals surface area contributed by atoms with Crippen molar-refractivity contribution in [1.29, 1.82) is 0 Å². The van der Waals surface area contributed by atoms with E-state index in [-0.39, 0.29) is 0 Å². The molecule has 4 heterocycles. The molecule has 12 rings (SSSR count). The van der Waals surface area contributed by atoms with E-state index in [0.717, 1.165) is 105 Å². The maximum absolute atomic E-state index is 6.66. The van der Waals surface area contributed by atoms with Gasteiger partial charge in [0.2, 0.25) is 0 Å². The van der Waals surface area contributed by atoms with Crippen molar-refractivity contribution in [3.8, 4) is 33.9 Å². The molecule has 0 aliphatic heterocycles. The first kappa shape index (κ1) is 29.2. The predicted octanol–water partition coefficient (Wildman–Crippen LogP) is 13.3. The molecule has 0 bridgehead atoms. The zero-order chi connectivity index (χ0) is 35.3. The van der Waals surface area contributed by atoms with Gasteiger partial charge in [-0.2, -0.15) is 0 Å². The van der Waals surface area contributed by atoms with E-state index in [9.17, 15) is 0 Å². The maximum Gasteiger partial charge on any atom is 0.160 e. The van der Waals surface area contributed by atoms with Crippen LogP contribution in [0.1, 0.15) is 0 Å². The highest BCUT2D eigenvalue weighted by Gasteiger charge is 2.21. The van der Waals surface area contributed by atoms with Gasteiger partial charge in [-0.15, -0.1) is 0 Å². The Hall–Kier alpha value is -7.37. The molecule has 0 aliphatic rings. The van der Waals surface area contributed by atoms with E-state index >= 15 is 0 Å². The lowest BCUT2D eigenvalue weighted by atomic mass is 9.99. The Labute approximate surface area is 308 Å². The number of fused-ring (bicyclic) bond motifs is 11. The second kappa shape index (κ2) is 11.1. The summed E-state index contributed by atoms with van der Waals surface area (Å²) in [7, 11) is 0. The van der Waals surface area contributed by atoms with Gasteiger partial charge in [0.05, 0.1) is 27.8 Å². The summed E-state index contributed by atoms with van der Waals surface area (Å²) in [6.07, 6.45) is 0. The summed E-state index contributed by atoms with van der Waals surface area (Å²) in [5, 5.41) is 6.76. The predicted molar refractivity (Wildman–Crippen MR) is 221 cm³/mol. The molecular formula is C49H29N3O2. The molecule has 0 fully saturated rings. The monoisotopic (exact) mass is 691 g/mol. The van der Waals surface area contributed by atoms with Crippen molar-refractivity contribution in [2.24, 2.45) is 0 Å². The molecule has 5 nitrogen and oxygen atoms in total. The molecular weight excluding hydrogens is 663 g/mol. The van der Waals surface area contributed by atoms with Crippen LogP contribution in [0.25, 0.3) is 111 Å². The molecule has 252 valence electrons. The van der Waals surface area contributed by atoms with Crippen LogP contribution in [0.4, 0.5) is 0 Å². The molecule has 54 heavy (non-hydrogen) atoms. The van der Waals surface area contributed by atoms with Crippen molar-refractivity contribution in [1.82, 2.24) is 14.1 Å². The van der Waals surface area contributed by atoms with Crippen LogP contribution in [0.15, 0.2) is 185 Å². The van der Waals surface area contributed by atoms with Crippen LogP contribution >= 0.6 is 0 Å². The van der Waals surface area contributed by atoms with Gasteiger partial charge < -0.3 is 13.4 Å². The molecule has 12 aromatic rings. The highest BCUT2D eigenvalue weighted by atomic mass is 16.3. The molecule has 0 saturated heterocycles. The molecule has 4 aromatic heterocycles. The fraction of sp³-hybridized carbons (Fsp3) is 0. The highest BCUT2D eigenvalue weighted by Crippen LogP contribution is 2.42. The number of benzene rings is 8. The van der Waals surface area contributed by atoms with Crippen LogP contribution in [0.3, 0.4) is 0 Å². The zero-order valence-electron chi connectivity index (χ0n) is 28.9. The number of imidazole rings is 1. The topological polar surface area (TPSA) is 49.0 Å². The normalized spacial score (nSPS) is 12.1. The summed E-state index contributed by atoms with van der Waals surface area (Å²) >= 11 is 0. The summed E-state index contributed by atoms with van der Waals surface area (Å²) in [6, 6.07) is 61.7. The first-order valence-electron chi connectivity index (χ1n) is 18.2. The van der Waals surface area contributed by atoms with Crippen molar-refractivity contribution in [2.75, 3.05) is 0 Å². The molecule has 5 heteroatoms. The second-order valence-electron chi connectivity index (χ2n) is 13.9. The largest absolute Gasteiger partial charge is 0.456 e. The number of hydrogen-bond donors (Lipinski definition) is 0. The van der Waals surface area contributed by atoms with E-state index in [2.05, 4.69) is 161 Å². The molecule has 0 spiro atoms. The number of rotatable bonds is 4. The van der Waals surface area contributed by atoms with Crippen molar-refractivity contribution >= 4 is 76.7 Å². The van der Waals surface area contributed by atoms with Gasteiger partial charge in [-0.1, -0.05) is 109 Å². The van der Waals surface area contributed by atoms with Gasteiger partial charge in [-0.05, 0) is 71.8 Å². The average Bonchev–Trinajstić information content (AvgIpc) is 4.00. The lowest BCUT2D eigenvalue weighted by Gasteiger charge is -2.11. The van der Waals surface area contributed by atoms with Crippen molar-refractivity contribution in [3.05, 3.63) is 176 Å². The van der Waals surface area contributed by atoms with Crippen LogP contribution in [-0.2, 0) is 0 Å². The Morgan fingerprint density at radius 1 is 0.407 bits per heavy atom. The lowest BCUT2D eigenvalue weighted by Crippen LogP contribution is -1.97. The van der Waals surface area contributed by atoms with Crippen LogP contribution < -0.4 is 0 Å². The summed E-state index contributed by atoms with van der Waals surface area (Å²) in [5.41, 5.74) is 13.1. The maximum atomic E-state index is 6.66. The quantitative estimate of drug-likeness (QED) is 0.185. The van der Waals surface area contributed by atoms with Gasteiger partial charge in [0.1, 0.15) is 22.6 Å². The smallest absolute Gasteiger partial charge is 0.160 e. The Morgan fingerprint density at radius 2 is 1.11 bits per heavy atom. The van der Waals surface area contributed by atoms with Crippen LogP contribution in [-0.4, -0.2) is 14.1 Å². The summed E-state index contributed by atoms with van der Waals surface area (Å²) in [5.74, 6) is 0.924. The highest BCUT2D eigenvalue weighted by molar-refractivity contribution is 6.21. The third-order valence-corrected chi connectivity index (χ3v) is 10.9. The van der Waals surface area contributed by atoms with E-state index in [1.165, 1.54) is 5.39 Å². The minimum atomic E-state index is 0.840. The molecule has 0 radical (unpaired) electrons. The minimum absolute atomic E-state index is 0.840. The molecule has 0 atom stereocenters. The van der Waals surface area contributed by atoms with Gasteiger partial charge in [0.15, 0.2) is 5.58 Å². The van der Waals surface area contributed by atoms with E-state index in [1.54, 1.807) is 0 Å². The minimum Gasteiger partial charge on any atom is -0.456 e. The van der Waals surface area contributed by atoms with Gasteiger partial charge in [0, 0.05) is 49.6 Å². The van der Waals surface area contributed by atoms with Crippen LogP contribution in [0.5, 0.6) is 0 Å². The number of hydrogen-bond acceptors (Lipinski definition) is 3. The molecule has 8 aromatic carbocycles. The SMILES string of the molecule is c1ccc(-c2nc3ccccc3n2-c2ccc(-c3cccc4oc5cc(-n6c7ccccc7c7ccc8c9ccccc9oc8c76)ccc5c34)cc2)cc1. The summed E-state index contributed by atoms with van der Waals surface area (Å²) in [6.45, 7) is 0. The zero-order valence-corrected chi connectivity index (χ0v) is 28.9. The van der Waals surface area contributed by atoms with E-state index in [0.29, 0.717) is 0 Å². The molecule has 0 unspecified atom stereocenters. The molecule has 0 aliphatic carbocycles. The Morgan fingerprint density at radius 3 is 2.00 bits per heavy atom. The van der Waals surface area contributed by atoms with Crippen LogP contribution in [0, 0.1) is 0 Å². The van der Waals surface area contributed by atoms with Gasteiger partial charge >= 0.3 is 0 Å². The fourth-order valence-electron chi connectivity index (χ4n) is 8.55. The van der Waals surface area contributed by atoms with Gasteiger partial charge in [-0.25, -0.2) is 4.98 Å². The van der Waals surface area contributed by atoms with E-state index in [1.807, 2.05) is 24.3 Å². The number of nitrogens with zero attached hydrogens (tertiary/aromatic N) is 3. The van der Waals surface area contributed by atoms with Crippen molar-refractivity contribution in [3.63, 3.8) is 0 Å².